The van der Waals surface area contributed by atoms with Crippen LogP contribution in [0.1, 0.15) is 15.9 Å². The molecular weight excluding hydrogens is 455 g/mol. The first-order valence-electron chi connectivity index (χ1n) is 8.52. The van der Waals surface area contributed by atoms with Crippen molar-refractivity contribution in [3.63, 3.8) is 0 Å². The molecule has 0 fully saturated rings. The first-order chi connectivity index (χ1) is 12.6. The fourth-order valence-electron chi connectivity index (χ4n) is 2.32. The van der Waals surface area contributed by atoms with Crippen LogP contribution in [-0.4, -0.2) is 51.1 Å². The van der Waals surface area contributed by atoms with E-state index in [4.69, 9.17) is 4.74 Å². The average Bonchev–Trinajstić information content (AvgIpc) is 2.67. The monoisotopic (exact) mass is 482 g/mol. The normalized spacial score (nSPS) is 10.6. The molecule has 0 heterocycles. The Morgan fingerprint density at radius 3 is 2.41 bits per heavy atom. The second kappa shape index (κ2) is 12.2. The Bertz CT molecular complexity index is 736. The molecule has 7 heteroatoms. The van der Waals surface area contributed by atoms with Gasteiger partial charge >= 0.3 is 0 Å². The summed E-state index contributed by atoms with van der Waals surface area (Å²) in [6, 6.07) is 17.2. The number of aliphatic imine (C=N–C) groups is 1. The number of benzene rings is 2. The minimum atomic E-state index is -0.127. The van der Waals surface area contributed by atoms with E-state index in [0.717, 1.165) is 11.5 Å². The van der Waals surface area contributed by atoms with Crippen LogP contribution in [0.2, 0.25) is 0 Å². The van der Waals surface area contributed by atoms with E-state index in [9.17, 15) is 4.79 Å². The molecule has 0 aliphatic carbocycles. The molecule has 2 rings (SSSR count). The standard InChI is InChI=1S/C20H26N4O2.HI/c1-24(2)20(23-15-16-8-5-4-6-9-16)22-13-12-21-19(25)17-10-7-11-18(14-17)26-3;/h4-11,14H,12-13,15H2,1-3H3,(H,21,25)(H,22,23);1H. The third kappa shape index (κ3) is 7.86. The number of amides is 1. The minimum Gasteiger partial charge on any atom is -0.497 e. The van der Waals surface area contributed by atoms with Crippen LogP contribution in [0.15, 0.2) is 59.6 Å². The smallest absolute Gasteiger partial charge is 0.251 e. The van der Waals surface area contributed by atoms with Crippen molar-refractivity contribution in [2.75, 3.05) is 34.3 Å². The molecule has 2 N–H and O–H groups in total. The number of rotatable bonds is 7. The van der Waals surface area contributed by atoms with Gasteiger partial charge in [-0.3, -0.25) is 4.79 Å². The average molecular weight is 482 g/mol. The summed E-state index contributed by atoms with van der Waals surface area (Å²) >= 11 is 0. The number of nitrogens with one attached hydrogen (secondary N) is 2. The van der Waals surface area contributed by atoms with Crippen molar-refractivity contribution in [2.24, 2.45) is 4.99 Å². The number of carbonyl (C=O) groups excluding carboxylic acids is 1. The predicted molar refractivity (Wildman–Crippen MR) is 120 cm³/mol. The van der Waals surface area contributed by atoms with Crippen LogP contribution < -0.4 is 15.4 Å². The van der Waals surface area contributed by atoms with Crippen LogP contribution in [0.4, 0.5) is 0 Å². The zero-order valence-electron chi connectivity index (χ0n) is 15.9. The van der Waals surface area contributed by atoms with Crippen LogP contribution in [0.25, 0.3) is 0 Å². The molecule has 0 aromatic heterocycles. The molecule has 0 atom stereocenters. The zero-order valence-corrected chi connectivity index (χ0v) is 18.3. The highest BCUT2D eigenvalue weighted by atomic mass is 127. The Morgan fingerprint density at radius 1 is 1.04 bits per heavy atom. The van der Waals surface area contributed by atoms with Gasteiger partial charge in [0.15, 0.2) is 5.96 Å². The van der Waals surface area contributed by atoms with Gasteiger partial charge in [-0.1, -0.05) is 36.4 Å². The summed E-state index contributed by atoms with van der Waals surface area (Å²) in [6.45, 7) is 1.69. The number of carbonyl (C=O) groups is 1. The van der Waals surface area contributed by atoms with E-state index in [1.807, 2.05) is 55.4 Å². The molecular formula is C20H27IN4O2. The summed E-state index contributed by atoms with van der Waals surface area (Å²) in [6.07, 6.45) is 0. The molecule has 0 radical (unpaired) electrons. The van der Waals surface area contributed by atoms with E-state index in [1.165, 1.54) is 0 Å². The van der Waals surface area contributed by atoms with Gasteiger partial charge < -0.3 is 20.3 Å². The van der Waals surface area contributed by atoms with Crippen LogP contribution >= 0.6 is 24.0 Å². The van der Waals surface area contributed by atoms with Gasteiger partial charge in [-0.15, -0.1) is 24.0 Å². The van der Waals surface area contributed by atoms with E-state index in [1.54, 1.807) is 25.3 Å². The van der Waals surface area contributed by atoms with Gasteiger partial charge in [-0.05, 0) is 23.8 Å². The molecule has 0 bridgehead atoms. The number of hydrogen-bond acceptors (Lipinski definition) is 3. The van der Waals surface area contributed by atoms with Crippen LogP contribution in [0.5, 0.6) is 5.75 Å². The molecule has 0 unspecified atom stereocenters. The van der Waals surface area contributed by atoms with E-state index < -0.39 is 0 Å². The second-order valence-corrected chi connectivity index (χ2v) is 5.93. The molecule has 1 amide bonds. The largest absolute Gasteiger partial charge is 0.497 e. The molecule has 6 nitrogen and oxygen atoms in total. The molecule has 2 aromatic rings. The lowest BCUT2D eigenvalue weighted by molar-refractivity contribution is 0.0954. The molecule has 27 heavy (non-hydrogen) atoms. The highest BCUT2D eigenvalue weighted by molar-refractivity contribution is 14.0. The maximum Gasteiger partial charge on any atom is 0.251 e. The minimum absolute atomic E-state index is 0. The fraction of sp³-hybridized carbons (Fsp3) is 0.300. The van der Waals surface area contributed by atoms with Crippen LogP contribution in [0.3, 0.4) is 0 Å². The number of halogens is 1. The van der Waals surface area contributed by atoms with Gasteiger partial charge in [0.05, 0.1) is 13.7 Å². The van der Waals surface area contributed by atoms with Crippen molar-refractivity contribution < 1.29 is 9.53 Å². The van der Waals surface area contributed by atoms with Gasteiger partial charge in [-0.25, -0.2) is 4.99 Å². The number of methoxy groups -OCH3 is 1. The molecule has 0 spiro atoms. The van der Waals surface area contributed by atoms with Crippen LogP contribution in [-0.2, 0) is 6.54 Å². The van der Waals surface area contributed by atoms with Gasteiger partial charge in [0.2, 0.25) is 0 Å². The van der Waals surface area contributed by atoms with Gasteiger partial charge in [0, 0.05) is 32.7 Å². The van der Waals surface area contributed by atoms with E-state index in [0.29, 0.717) is 30.9 Å². The molecule has 146 valence electrons. The molecule has 2 aromatic carbocycles. The number of guanidine groups is 1. The quantitative estimate of drug-likeness (QED) is 0.276. The Balaban J connectivity index is 0.00000364. The molecule has 0 aliphatic rings. The van der Waals surface area contributed by atoms with E-state index in [2.05, 4.69) is 15.6 Å². The maximum absolute atomic E-state index is 12.2. The van der Waals surface area contributed by atoms with Crippen molar-refractivity contribution in [3.8, 4) is 5.75 Å². The van der Waals surface area contributed by atoms with E-state index in [-0.39, 0.29) is 29.9 Å². The zero-order chi connectivity index (χ0) is 18.8. The van der Waals surface area contributed by atoms with Gasteiger partial charge in [0.1, 0.15) is 5.75 Å². The first kappa shape index (κ1) is 22.8. The predicted octanol–water partition coefficient (Wildman–Crippen LogP) is 2.75. The Morgan fingerprint density at radius 2 is 1.74 bits per heavy atom. The van der Waals surface area contributed by atoms with Gasteiger partial charge in [-0.2, -0.15) is 0 Å². The number of ether oxygens (including phenoxy) is 1. The van der Waals surface area contributed by atoms with Crippen LogP contribution in [0, 0.1) is 0 Å². The first-order valence-corrected chi connectivity index (χ1v) is 8.52. The Hall–Kier alpha value is -2.29. The summed E-state index contributed by atoms with van der Waals surface area (Å²) in [4.78, 5) is 18.7. The van der Waals surface area contributed by atoms with Crippen molar-refractivity contribution in [3.05, 3.63) is 65.7 Å². The SMILES string of the molecule is COc1cccc(C(=O)NCCNC(=NCc2ccccc2)N(C)C)c1.I. The summed E-state index contributed by atoms with van der Waals surface area (Å²) < 4.78 is 5.14. The summed E-state index contributed by atoms with van der Waals surface area (Å²) in [5.74, 6) is 1.32. The lowest BCUT2D eigenvalue weighted by atomic mass is 10.2. The second-order valence-electron chi connectivity index (χ2n) is 5.93. The van der Waals surface area contributed by atoms with E-state index >= 15 is 0 Å². The Labute approximate surface area is 178 Å². The third-order valence-electron chi connectivity index (χ3n) is 3.70. The molecule has 0 saturated carbocycles. The lowest BCUT2D eigenvalue weighted by Crippen LogP contribution is -2.41. The Kier molecular flexibility index (Phi) is 10.2. The summed E-state index contributed by atoms with van der Waals surface area (Å²) in [5, 5.41) is 6.14. The highest BCUT2D eigenvalue weighted by Crippen LogP contribution is 2.12. The van der Waals surface area contributed by atoms with Crippen molar-refractivity contribution in [1.82, 2.24) is 15.5 Å². The van der Waals surface area contributed by atoms with Gasteiger partial charge in [0.25, 0.3) is 5.91 Å². The molecule has 0 aliphatic heterocycles. The number of hydrogen-bond donors (Lipinski definition) is 2. The summed E-state index contributed by atoms with van der Waals surface area (Å²) in [7, 11) is 5.45. The maximum atomic E-state index is 12.2. The number of nitrogens with zero attached hydrogens (tertiary/aromatic N) is 2. The summed E-state index contributed by atoms with van der Waals surface area (Å²) in [5.41, 5.74) is 1.73. The van der Waals surface area contributed by atoms with Crippen molar-refractivity contribution >= 4 is 35.8 Å². The van der Waals surface area contributed by atoms with Crippen molar-refractivity contribution in [1.29, 1.82) is 0 Å². The lowest BCUT2D eigenvalue weighted by Gasteiger charge is -2.18. The van der Waals surface area contributed by atoms with Crippen molar-refractivity contribution in [2.45, 2.75) is 6.54 Å². The topological polar surface area (TPSA) is 66.0 Å². The highest BCUT2D eigenvalue weighted by Gasteiger charge is 2.06. The fourth-order valence-corrected chi connectivity index (χ4v) is 2.32. The molecule has 0 saturated heterocycles. The third-order valence-corrected chi connectivity index (χ3v) is 3.70.